The van der Waals surface area contributed by atoms with Gasteiger partial charge in [-0.2, -0.15) is 0 Å². The van der Waals surface area contributed by atoms with E-state index in [0.29, 0.717) is 19.5 Å². The van der Waals surface area contributed by atoms with E-state index in [1.807, 2.05) is 20.8 Å². The molecule has 0 bridgehead atoms. The number of nitrogens with one attached hydrogen (secondary N) is 3. The van der Waals surface area contributed by atoms with Crippen LogP contribution in [0.15, 0.2) is 4.52 Å². The van der Waals surface area contributed by atoms with E-state index in [2.05, 4.69) is 21.1 Å². The molecule has 0 aliphatic heterocycles. The Morgan fingerprint density at radius 3 is 2.50 bits per heavy atom. The molecule has 7 nitrogen and oxygen atoms in total. The van der Waals surface area contributed by atoms with E-state index in [-0.39, 0.29) is 23.9 Å². The van der Waals surface area contributed by atoms with Crippen LogP contribution in [0.4, 0.5) is 4.79 Å². The Morgan fingerprint density at radius 2 is 1.88 bits per heavy atom. The third-order valence-electron chi connectivity index (χ3n) is 4.50. The lowest BCUT2D eigenvalue weighted by molar-refractivity contribution is -0.124. The maximum atomic E-state index is 11.9. The van der Waals surface area contributed by atoms with Gasteiger partial charge in [0.2, 0.25) is 5.91 Å². The van der Waals surface area contributed by atoms with Gasteiger partial charge in [0.25, 0.3) is 0 Å². The summed E-state index contributed by atoms with van der Waals surface area (Å²) in [4.78, 5) is 23.7. The van der Waals surface area contributed by atoms with Crippen LogP contribution >= 0.6 is 0 Å². The second kappa shape index (κ2) is 8.70. The molecule has 2 rings (SSSR count). The van der Waals surface area contributed by atoms with Crippen molar-refractivity contribution in [2.75, 3.05) is 13.1 Å². The summed E-state index contributed by atoms with van der Waals surface area (Å²) in [5, 5.41) is 12.4. The maximum Gasteiger partial charge on any atom is 0.315 e. The molecule has 134 valence electrons. The lowest BCUT2D eigenvalue weighted by atomic mass is 10.1. The molecular formula is C17H28N4O3. The Bertz CT molecular complexity index is 545. The molecule has 1 aromatic rings. The number of aryl methyl sites for hydroxylation is 2. The number of rotatable bonds is 7. The molecule has 7 heteroatoms. The molecule has 0 aromatic carbocycles. The highest BCUT2D eigenvalue weighted by molar-refractivity contribution is 5.79. The maximum absolute atomic E-state index is 11.9. The Morgan fingerprint density at radius 1 is 1.21 bits per heavy atom. The van der Waals surface area contributed by atoms with Crippen LogP contribution in [0.1, 0.15) is 49.6 Å². The van der Waals surface area contributed by atoms with Crippen molar-refractivity contribution in [1.82, 2.24) is 21.1 Å². The van der Waals surface area contributed by atoms with Gasteiger partial charge in [-0.15, -0.1) is 0 Å². The number of carbonyl (C=O) groups excluding carboxylic acids is 2. The van der Waals surface area contributed by atoms with Crippen molar-refractivity contribution in [3.05, 3.63) is 17.0 Å². The number of urea groups is 1. The molecular weight excluding hydrogens is 308 g/mol. The molecule has 3 N–H and O–H groups in total. The second-order valence-corrected chi connectivity index (χ2v) is 6.58. The van der Waals surface area contributed by atoms with Gasteiger partial charge < -0.3 is 20.5 Å². The fourth-order valence-corrected chi connectivity index (χ4v) is 3.12. The predicted octanol–water partition coefficient (Wildman–Crippen LogP) is 1.83. The van der Waals surface area contributed by atoms with Crippen LogP contribution in [0.25, 0.3) is 0 Å². The number of carbonyl (C=O) groups is 2. The summed E-state index contributed by atoms with van der Waals surface area (Å²) in [5.41, 5.74) is 1.89. The SMILES string of the molecule is Cc1noc(C)c1CC(C)NC(=O)NCCNC(=O)C1CCCC1. The lowest BCUT2D eigenvalue weighted by Gasteiger charge is -2.15. The normalized spacial score (nSPS) is 16.0. The second-order valence-electron chi connectivity index (χ2n) is 6.58. The van der Waals surface area contributed by atoms with Crippen LogP contribution in [-0.2, 0) is 11.2 Å². The van der Waals surface area contributed by atoms with Gasteiger partial charge in [-0.3, -0.25) is 4.79 Å². The molecule has 0 saturated heterocycles. The number of hydrogen-bond acceptors (Lipinski definition) is 4. The van der Waals surface area contributed by atoms with Crippen molar-refractivity contribution in [3.63, 3.8) is 0 Å². The fraction of sp³-hybridized carbons (Fsp3) is 0.706. The third-order valence-corrected chi connectivity index (χ3v) is 4.50. The minimum absolute atomic E-state index is 0.0325. The minimum atomic E-state index is -0.232. The minimum Gasteiger partial charge on any atom is -0.361 e. The van der Waals surface area contributed by atoms with Gasteiger partial charge in [-0.1, -0.05) is 18.0 Å². The Balaban J connectivity index is 1.61. The molecule has 1 aliphatic rings. The fourth-order valence-electron chi connectivity index (χ4n) is 3.12. The van der Waals surface area contributed by atoms with Crippen LogP contribution in [0.5, 0.6) is 0 Å². The van der Waals surface area contributed by atoms with E-state index in [9.17, 15) is 9.59 Å². The Labute approximate surface area is 142 Å². The molecule has 24 heavy (non-hydrogen) atoms. The number of hydrogen-bond donors (Lipinski definition) is 3. The van der Waals surface area contributed by atoms with Gasteiger partial charge in [0.1, 0.15) is 5.76 Å². The molecule has 3 amide bonds. The summed E-state index contributed by atoms with van der Waals surface area (Å²) in [6.07, 6.45) is 4.93. The summed E-state index contributed by atoms with van der Waals surface area (Å²) in [6, 6.07) is -0.265. The highest BCUT2D eigenvalue weighted by atomic mass is 16.5. The van der Waals surface area contributed by atoms with Crippen LogP contribution in [0, 0.1) is 19.8 Å². The smallest absolute Gasteiger partial charge is 0.315 e. The van der Waals surface area contributed by atoms with Crippen molar-refractivity contribution in [1.29, 1.82) is 0 Å². The first kappa shape index (κ1) is 18.3. The average molecular weight is 336 g/mol. The quantitative estimate of drug-likeness (QED) is 0.662. The zero-order chi connectivity index (χ0) is 17.5. The molecule has 0 radical (unpaired) electrons. The first-order valence-electron chi connectivity index (χ1n) is 8.71. The highest BCUT2D eigenvalue weighted by Gasteiger charge is 2.22. The molecule has 1 fully saturated rings. The molecule has 1 aliphatic carbocycles. The molecule has 1 heterocycles. The molecule has 1 unspecified atom stereocenters. The predicted molar refractivity (Wildman–Crippen MR) is 90.6 cm³/mol. The summed E-state index contributed by atoms with van der Waals surface area (Å²) < 4.78 is 5.13. The molecule has 0 spiro atoms. The summed E-state index contributed by atoms with van der Waals surface area (Å²) in [5.74, 6) is 1.06. The number of amides is 3. The van der Waals surface area contributed by atoms with Gasteiger partial charge in [-0.05, 0) is 40.0 Å². The van der Waals surface area contributed by atoms with E-state index in [1.165, 1.54) is 0 Å². The van der Waals surface area contributed by atoms with E-state index in [0.717, 1.165) is 42.7 Å². The van der Waals surface area contributed by atoms with Crippen LogP contribution in [0.3, 0.4) is 0 Å². The highest BCUT2D eigenvalue weighted by Crippen LogP contribution is 2.24. The topological polar surface area (TPSA) is 96.3 Å². The van der Waals surface area contributed by atoms with Gasteiger partial charge >= 0.3 is 6.03 Å². The molecule has 1 saturated carbocycles. The van der Waals surface area contributed by atoms with Crippen molar-refractivity contribution in [2.24, 2.45) is 5.92 Å². The standard InChI is InChI=1S/C17H28N4O3/c1-11(10-15-12(2)21-24-13(15)3)20-17(23)19-9-8-18-16(22)14-6-4-5-7-14/h11,14H,4-10H2,1-3H3,(H,18,22)(H2,19,20,23). The zero-order valence-corrected chi connectivity index (χ0v) is 14.8. The average Bonchev–Trinajstić information content (AvgIpc) is 3.17. The van der Waals surface area contributed by atoms with Crippen LogP contribution in [-0.4, -0.2) is 36.2 Å². The summed E-state index contributed by atoms with van der Waals surface area (Å²) >= 11 is 0. The van der Waals surface area contributed by atoms with E-state index >= 15 is 0 Å². The number of aromatic nitrogens is 1. The molecule has 1 atom stereocenters. The van der Waals surface area contributed by atoms with Crippen LogP contribution in [0.2, 0.25) is 0 Å². The molecule has 1 aromatic heterocycles. The summed E-state index contributed by atoms with van der Waals surface area (Å²) in [6.45, 7) is 6.58. The van der Waals surface area contributed by atoms with E-state index < -0.39 is 0 Å². The van der Waals surface area contributed by atoms with Crippen molar-refractivity contribution >= 4 is 11.9 Å². The van der Waals surface area contributed by atoms with Gasteiger partial charge in [0, 0.05) is 30.6 Å². The summed E-state index contributed by atoms with van der Waals surface area (Å²) in [7, 11) is 0. The van der Waals surface area contributed by atoms with E-state index in [4.69, 9.17) is 4.52 Å². The van der Waals surface area contributed by atoms with Gasteiger partial charge in [0.15, 0.2) is 0 Å². The zero-order valence-electron chi connectivity index (χ0n) is 14.8. The van der Waals surface area contributed by atoms with E-state index in [1.54, 1.807) is 0 Å². The third kappa shape index (κ3) is 5.25. The van der Waals surface area contributed by atoms with Crippen LogP contribution < -0.4 is 16.0 Å². The van der Waals surface area contributed by atoms with Gasteiger partial charge in [-0.25, -0.2) is 4.79 Å². The first-order valence-corrected chi connectivity index (χ1v) is 8.71. The van der Waals surface area contributed by atoms with Crippen molar-refractivity contribution in [2.45, 2.75) is 58.9 Å². The van der Waals surface area contributed by atoms with Crippen molar-refractivity contribution < 1.29 is 14.1 Å². The van der Waals surface area contributed by atoms with Gasteiger partial charge in [0.05, 0.1) is 5.69 Å². The van der Waals surface area contributed by atoms with Crippen molar-refractivity contribution in [3.8, 4) is 0 Å². The number of nitrogens with zero attached hydrogens (tertiary/aromatic N) is 1. The monoisotopic (exact) mass is 336 g/mol. The lowest BCUT2D eigenvalue weighted by Crippen LogP contribution is -2.44. The largest absolute Gasteiger partial charge is 0.361 e. The first-order chi connectivity index (χ1) is 11.5. The Kier molecular flexibility index (Phi) is 6.63. The Hall–Kier alpha value is -2.05.